The lowest BCUT2D eigenvalue weighted by Crippen LogP contribution is -2.24. The molecule has 1 atom stereocenters. The summed E-state index contributed by atoms with van der Waals surface area (Å²) < 4.78 is 27.8. The van der Waals surface area contributed by atoms with Crippen LogP contribution < -0.4 is 5.32 Å². The normalized spacial score (nSPS) is 12.4. The van der Waals surface area contributed by atoms with Gasteiger partial charge in [0.05, 0.1) is 6.04 Å². The predicted molar refractivity (Wildman–Crippen MR) is 70.9 cm³/mol. The van der Waals surface area contributed by atoms with Crippen molar-refractivity contribution in [3.63, 3.8) is 0 Å². The summed E-state index contributed by atoms with van der Waals surface area (Å²) in [5.41, 5.74) is 1.75. The Labute approximate surface area is 111 Å². The van der Waals surface area contributed by atoms with Gasteiger partial charge in [-0.25, -0.2) is 8.78 Å². The van der Waals surface area contributed by atoms with Crippen LogP contribution in [0.2, 0.25) is 0 Å². The third kappa shape index (κ3) is 2.96. The number of benzene rings is 1. The molecule has 2 aromatic rings. The second-order valence-corrected chi connectivity index (χ2v) is 4.42. The van der Waals surface area contributed by atoms with Crippen LogP contribution in [-0.2, 0) is 0 Å². The standard InChI is InChI=1S/C15H16F2N2/c1-3-19-15(11-7-10(2)8-18-9-11)14-12(16)5-4-6-13(14)17/h4-9,15,19H,3H2,1-2H3. The lowest BCUT2D eigenvalue weighted by Gasteiger charge is -2.20. The van der Waals surface area contributed by atoms with Crippen LogP contribution in [-0.4, -0.2) is 11.5 Å². The number of halogens is 2. The number of aryl methyl sites for hydroxylation is 1. The zero-order chi connectivity index (χ0) is 13.8. The lowest BCUT2D eigenvalue weighted by atomic mass is 9.98. The SMILES string of the molecule is CCNC(c1cncc(C)c1)c1c(F)cccc1F. The highest BCUT2D eigenvalue weighted by atomic mass is 19.1. The quantitative estimate of drug-likeness (QED) is 0.913. The molecule has 19 heavy (non-hydrogen) atoms. The van der Waals surface area contributed by atoms with Gasteiger partial charge in [-0.1, -0.05) is 19.1 Å². The van der Waals surface area contributed by atoms with Crippen molar-refractivity contribution in [2.24, 2.45) is 0 Å². The first-order valence-electron chi connectivity index (χ1n) is 6.22. The first-order chi connectivity index (χ1) is 9.13. The Bertz CT molecular complexity index is 550. The minimum Gasteiger partial charge on any atom is -0.306 e. The molecule has 0 saturated heterocycles. The minimum atomic E-state index is -0.549. The summed E-state index contributed by atoms with van der Waals surface area (Å²) in [5.74, 6) is -1.10. The molecule has 0 bridgehead atoms. The van der Waals surface area contributed by atoms with Gasteiger partial charge in [0.1, 0.15) is 11.6 Å². The number of aromatic nitrogens is 1. The van der Waals surface area contributed by atoms with E-state index in [9.17, 15) is 8.78 Å². The van der Waals surface area contributed by atoms with Gasteiger partial charge in [-0.2, -0.15) is 0 Å². The van der Waals surface area contributed by atoms with E-state index < -0.39 is 17.7 Å². The van der Waals surface area contributed by atoms with Crippen molar-refractivity contribution in [1.82, 2.24) is 10.3 Å². The Balaban J connectivity index is 2.51. The molecule has 1 unspecified atom stereocenters. The van der Waals surface area contributed by atoms with Crippen LogP contribution in [0.5, 0.6) is 0 Å². The molecule has 2 nitrogen and oxygen atoms in total. The molecule has 2 rings (SSSR count). The lowest BCUT2D eigenvalue weighted by molar-refractivity contribution is 0.509. The molecule has 1 N–H and O–H groups in total. The molecule has 4 heteroatoms. The third-order valence-electron chi connectivity index (χ3n) is 2.93. The van der Waals surface area contributed by atoms with Gasteiger partial charge in [0.25, 0.3) is 0 Å². The Morgan fingerprint density at radius 1 is 1.21 bits per heavy atom. The fourth-order valence-electron chi connectivity index (χ4n) is 2.11. The van der Waals surface area contributed by atoms with Gasteiger partial charge in [0, 0.05) is 18.0 Å². The second kappa shape index (κ2) is 5.89. The number of rotatable bonds is 4. The van der Waals surface area contributed by atoms with Crippen molar-refractivity contribution in [2.45, 2.75) is 19.9 Å². The van der Waals surface area contributed by atoms with E-state index in [1.807, 2.05) is 19.9 Å². The van der Waals surface area contributed by atoms with E-state index in [0.717, 1.165) is 11.1 Å². The molecule has 0 fully saturated rings. The van der Waals surface area contributed by atoms with Gasteiger partial charge in [-0.3, -0.25) is 4.98 Å². The summed E-state index contributed by atoms with van der Waals surface area (Å²) in [4.78, 5) is 4.09. The number of nitrogens with one attached hydrogen (secondary N) is 1. The predicted octanol–water partition coefficient (Wildman–Crippen LogP) is 3.37. The van der Waals surface area contributed by atoms with Gasteiger partial charge < -0.3 is 5.32 Å². The summed E-state index contributed by atoms with van der Waals surface area (Å²) in [5, 5.41) is 3.10. The molecule has 0 aliphatic rings. The van der Waals surface area contributed by atoms with Crippen LogP contribution in [0.1, 0.15) is 29.7 Å². The average molecular weight is 262 g/mol. The molecule has 0 radical (unpaired) electrons. The van der Waals surface area contributed by atoms with Crippen molar-refractivity contribution >= 4 is 0 Å². The molecular weight excluding hydrogens is 246 g/mol. The van der Waals surface area contributed by atoms with Crippen molar-refractivity contribution in [1.29, 1.82) is 0 Å². The summed E-state index contributed by atoms with van der Waals surface area (Å²) >= 11 is 0. The summed E-state index contributed by atoms with van der Waals surface area (Å²) in [6.45, 7) is 4.40. The van der Waals surface area contributed by atoms with E-state index in [4.69, 9.17) is 0 Å². The summed E-state index contributed by atoms with van der Waals surface area (Å²) in [7, 11) is 0. The number of pyridine rings is 1. The molecule has 100 valence electrons. The molecule has 0 amide bonds. The molecule has 0 saturated carbocycles. The summed E-state index contributed by atoms with van der Waals surface area (Å²) in [6, 6.07) is 5.26. The third-order valence-corrected chi connectivity index (χ3v) is 2.93. The molecule has 0 aliphatic heterocycles. The largest absolute Gasteiger partial charge is 0.306 e. The maximum atomic E-state index is 13.9. The van der Waals surface area contributed by atoms with Crippen LogP contribution in [0.4, 0.5) is 8.78 Å². The van der Waals surface area contributed by atoms with E-state index in [1.54, 1.807) is 12.4 Å². The molecule has 1 aromatic heterocycles. The van der Waals surface area contributed by atoms with Crippen LogP contribution in [0.15, 0.2) is 36.7 Å². The molecule has 0 aliphatic carbocycles. The maximum Gasteiger partial charge on any atom is 0.131 e. The van der Waals surface area contributed by atoms with Crippen molar-refractivity contribution < 1.29 is 8.78 Å². The van der Waals surface area contributed by atoms with Crippen molar-refractivity contribution in [3.05, 3.63) is 65.0 Å². The Kier molecular flexibility index (Phi) is 4.22. The van der Waals surface area contributed by atoms with Crippen LogP contribution in [0.25, 0.3) is 0 Å². The fraction of sp³-hybridized carbons (Fsp3) is 0.267. The Hall–Kier alpha value is -1.81. The minimum absolute atomic E-state index is 0.0387. The topological polar surface area (TPSA) is 24.9 Å². The Morgan fingerprint density at radius 2 is 1.89 bits per heavy atom. The number of nitrogens with zero attached hydrogens (tertiary/aromatic N) is 1. The fourth-order valence-corrected chi connectivity index (χ4v) is 2.11. The molecule has 1 heterocycles. The van der Waals surface area contributed by atoms with E-state index in [2.05, 4.69) is 10.3 Å². The highest BCUT2D eigenvalue weighted by molar-refractivity contribution is 5.33. The van der Waals surface area contributed by atoms with Crippen LogP contribution >= 0.6 is 0 Å². The van der Waals surface area contributed by atoms with Gasteiger partial charge in [0.15, 0.2) is 0 Å². The first kappa shape index (κ1) is 13.6. The van der Waals surface area contributed by atoms with Crippen molar-refractivity contribution in [3.8, 4) is 0 Å². The second-order valence-electron chi connectivity index (χ2n) is 4.42. The molecule has 1 aromatic carbocycles. The monoisotopic (exact) mass is 262 g/mol. The van der Waals surface area contributed by atoms with E-state index >= 15 is 0 Å². The average Bonchev–Trinajstić information content (AvgIpc) is 2.37. The van der Waals surface area contributed by atoms with E-state index in [1.165, 1.54) is 18.2 Å². The Morgan fingerprint density at radius 3 is 2.47 bits per heavy atom. The van der Waals surface area contributed by atoms with Gasteiger partial charge in [-0.05, 0) is 36.7 Å². The maximum absolute atomic E-state index is 13.9. The summed E-state index contributed by atoms with van der Waals surface area (Å²) in [6.07, 6.45) is 3.34. The molecular formula is C15H16F2N2. The zero-order valence-electron chi connectivity index (χ0n) is 11.0. The number of hydrogen-bond acceptors (Lipinski definition) is 2. The van der Waals surface area contributed by atoms with Gasteiger partial charge in [0.2, 0.25) is 0 Å². The van der Waals surface area contributed by atoms with E-state index in [0.29, 0.717) is 6.54 Å². The highest BCUT2D eigenvalue weighted by Gasteiger charge is 2.21. The van der Waals surface area contributed by atoms with Gasteiger partial charge in [-0.15, -0.1) is 0 Å². The van der Waals surface area contributed by atoms with Crippen LogP contribution in [0.3, 0.4) is 0 Å². The zero-order valence-corrected chi connectivity index (χ0v) is 11.0. The smallest absolute Gasteiger partial charge is 0.131 e. The first-order valence-corrected chi connectivity index (χ1v) is 6.22. The van der Waals surface area contributed by atoms with Crippen LogP contribution in [0, 0.1) is 18.6 Å². The number of hydrogen-bond donors (Lipinski definition) is 1. The highest BCUT2D eigenvalue weighted by Crippen LogP contribution is 2.26. The van der Waals surface area contributed by atoms with E-state index in [-0.39, 0.29) is 5.56 Å². The van der Waals surface area contributed by atoms with Gasteiger partial charge >= 0.3 is 0 Å². The molecule has 0 spiro atoms. The van der Waals surface area contributed by atoms with Crippen molar-refractivity contribution in [2.75, 3.05) is 6.54 Å².